The average Bonchev–Trinajstić information content (AvgIpc) is 2.97. The molecule has 1 aromatic heterocycles. The van der Waals surface area contributed by atoms with Crippen molar-refractivity contribution in [2.24, 2.45) is 0 Å². The minimum atomic E-state index is -0.695. The van der Waals surface area contributed by atoms with E-state index in [1.165, 1.54) is 12.3 Å². The second-order valence-corrected chi connectivity index (χ2v) is 6.45. The number of benzene rings is 2. The number of fused-ring (bicyclic) bond motifs is 3. The van der Waals surface area contributed by atoms with Crippen LogP contribution in [0.5, 0.6) is 0 Å². The first-order valence-corrected chi connectivity index (χ1v) is 8.51. The van der Waals surface area contributed by atoms with Crippen molar-refractivity contribution in [3.05, 3.63) is 87.3 Å². The van der Waals surface area contributed by atoms with Crippen LogP contribution in [0.1, 0.15) is 17.0 Å². The summed E-state index contributed by atoms with van der Waals surface area (Å²) in [6, 6.07) is 17.5. The number of rotatable bonds is 3. The molecule has 4 rings (SSSR count). The van der Waals surface area contributed by atoms with E-state index in [0.29, 0.717) is 5.02 Å². The molecule has 3 aromatic rings. The van der Waals surface area contributed by atoms with Crippen LogP contribution in [0.15, 0.2) is 65.6 Å². The molecule has 1 amide bonds. The molecule has 0 atom stereocenters. The fourth-order valence-corrected chi connectivity index (χ4v) is 3.46. The number of hydrogen-bond donors (Lipinski definition) is 2. The fourth-order valence-electron chi connectivity index (χ4n) is 3.29. The lowest BCUT2D eigenvalue weighted by atomic mass is 9.98. The molecule has 0 radical (unpaired) electrons. The molecule has 0 bridgehead atoms. The van der Waals surface area contributed by atoms with Gasteiger partial charge < -0.3 is 9.72 Å². The first kappa shape index (κ1) is 16.4. The first-order valence-electron chi connectivity index (χ1n) is 8.14. The molecule has 0 saturated carbocycles. The van der Waals surface area contributed by atoms with Gasteiger partial charge in [0.05, 0.1) is 5.02 Å². The number of carbonyl (C=O) groups is 1. The molecule has 1 aliphatic rings. The van der Waals surface area contributed by atoms with E-state index < -0.39 is 11.7 Å². The first-order chi connectivity index (χ1) is 12.6. The summed E-state index contributed by atoms with van der Waals surface area (Å²) in [5.74, 6) is -0.0363. The SMILES string of the molecule is O=C(Nc1cc(Cl)c[nH]c1=O)OCC1c2ccccc2-c2ccccc21. The Morgan fingerprint density at radius 3 is 2.35 bits per heavy atom. The monoisotopic (exact) mass is 366 g/mol. The number of halogens is 1. The summed E-state index contributed by atoms with van der Waals surface area (Å²) >= 11 is 5.83. The van der Waals surface area contributed by atoms with Crippen molar-refractivity contribution < 1.29 is 9.53 Å². The highest BCUT2D eigenvalue weighted by molar-refractivity contribution is 6.30. The Morgan fingerprint density at radius 2 is 1.69 bits per heavy atom. The maximum Gasteiger partial charge on any atom is 0.411 e. The molecule has 0 aliphatic heterocycles. The number of amides is 1. The van der Waals surface area contributed by atoms with Crippen molar-refractivity contribution in [2.75, 3.05) is 11.9 Å². The van der Waals surface area contributed by atoms with Crippen LogP contribution < -0.4 is 10.9 Å². The number of aromatic nitrogens is 1. The van der Waals surface area contributed by atoms with Crippen LogP contribution in [0.2, 0.25) is 5.02 Å². The third-order valence-electron chi connectivity index (χ3n) is 4.45. The van der Waals surface area contributed by atoms with E-state index in [1.807, 2.05) is 36.4 Å². The van der Waals surface area contributed by atoms with E-state index in [4.69, 9.17) is 16.3 Å². The Hall–Kier alpha value is -3.05. The molecule has 1 aliphatic carbocycles. The number of pyridine rings is 1. The molecular formula is C20H15ClN2O3. The third kappa shape index (κ3) is 2.97. The highest BCUT2D eigenvalue weighted by Crippen LogP contribution is 2.44. The van der Waals surface area contributed by atoms with E-state index in [9.17, 15) is 9.59 Å². The zero-order valence-corrected chi connectivity index (χ0v) is 14.4. The van der Waals surface area contributed by atoms with Crippen LogP contribution in [0.4, 0.5) is 10.5 Å². The van der Waals surface area contributed by atoms with Crippen LogP contribution in [0.25, 0.3) is 11.1 Å². The summed E-state index contributed by atoms with van der Waals surface area (Å²) in [7, 11) is 0. The Balaban J connectivity index is 1.52. The van der Waals surface area contributed by atoms with Crippen molar-refractivity contribution in [3.8, 4) is 11.1 Å². The van der Waals surface area contributed by atoms with Crippen molar-refractivity contribution in [1.82, 2.24) is 4.98 Å². The van der Waals surface area contributed by atoms with Gasteiger partial charge in [0.15, 0.2) is 0 Å². The number of ether oxygens (including phenoxy) is 1. The molecule has 26 heavy (non-hydrogen) atoms. The minimum absolute atomic E-state index is 0.0363. The summed E-state index contributed by atoms with van der Waals surface area (Å²) < 4.78 is 5.39. The quantitative estimate of drug-likeness (QED) is 0.722. The average molecular weight is 367 g/mol. The summed E-state index contributed by atoms with van der Waals surface area (Å²) in [6.07, 6.45) is 0.659. The molecule has 130 valence electrons. The second kappa shape index (κ2) is 6.69. The van der Waals surface area contributed by atoms with E-state index in [0.717, 1.165) is 22.3 Å². The van der Waals surface area contributed by atoms with Crippen molar-refractivity contribution in [1.29, 1.82) is 0 Å². The van der Waals surface area contributed by atoms with Crippen LogP contribution in [0, 0.1) is 0 Å². The molecule has 0 spiro atoms. The largest absolute Gasteiger partial charge is 0.448 e. The van der Waals surface area contributed by atoms with Gasteiger partial charge in [-0.05, 0) is 28.3 Å². The summed E-state index contributed by atoms with van der Waals surface area (Å²) in [4.78, 5) is 26.3. The number of carbonyl (C=O) groups excluding carboxylic acids is 1. The van der Waals surface area contributed by atoms with E-state index >= 15 is 0 Å². The zero-order chi connectivity index (χ0) is 18.1. The van der Waals surface area contributed by atoms with Crippen molar-refractivity contribution in [3.63, 3.8) is 0 Å². The van der Waals surface area contributed by atoms with Crippen molar-refractivity contribution >= 4 is 23.4 Å². The Labute approximate surface area is 154 Å². The van der Waals surface area contributed by atoms with Gasteiger partial charge in [-0.2, -0.15) is 0 Å². The molecule has 2 N–H and O–H groups in total. The maximum absolute atomic E-state index is 12.1. The summed E-state index contributed by atoms with van der Waals surface area (Å²) in [6.45, 7) is 0.179. The van der Waals surface area contributed by atoms with Crippen molar-refractivity contribution in [2.45, 2.75) is 5.92 Å². The lowest BCUT2D eigenvalue weighted by molar-refractivity contribution is 0.158. The van der Waals surface area contributed by atoms with Gasteiger partial charge in [-0.15, -0.1) is 0 Å². The van der Waals surface area contributed by atoms with E-state index in [-0.39, 0.29) is 18.2 Å². The zero-order valence-electron chi connectivity index (χ0n) is 13.7. The standard InChI is InChI=1S/C20H15ClN2O3/c21-12-9-18(19(24)22-10-12)23-20(25)26-11-17-15-7-3-1-5-13(15)14-6-2-4-8-16(14)17/h1-10,17H,11H2,(H,22,24)(H,23,25). The Bertz CT molecular complexity index is 999. The number of aromatic amines is 1. The fraction of sp³-hybridized carbons (Fsp3) is 0.100. The van der Waals surface area contributed by atoms with Gasteiger partial charge in [0.2, 0.25) is 0 Å². The predicted molar refractivity (Wildman–Crippen MR) is 101 cm³/mol. The summed E-state index contributed by atoms with van der Waals surface area (Å²) in [5, 5.41) is 2.75. The van der Waals surface area contributed by atoms with Gasteiger partial charge in [0.25, 0.3) is 5.56 Å². The van der Waals surface area contributed by atoms with Gasteiger partial charge in [-0.25, -0.2) is 4.79 Å². The van der Waals surface area contributed by atoms with Gasteiger partial charge >= 0.3 is 6.09 Å². The molecule has 1 heterocycles. The lowest BCUT2D eigenvalue weighted by Crippen LogP contribution is -2.22. The third-order valence-corrected chi connectivity index (χ3v) is 4.67. The molecule has 6 heteroatoms. The molecule has 0 unspecified atom stereocenters. The van der Waals surface area contributed by atoms with Crippen LogP contribution in [-0.4, -0.2) is 17.7 Å². The van der Waals surface area contributed by atoms with E-state index in [2.05, 4.69) is 22.4 Å². The van der Waals surface area contributed by atoms with Gasteiger partial charge in [0.1, 0.15) is 12.3 Å². The number of hydrogen-bond acceptors (Lipinski definition) is 3. The number of anilines is 1. The second-order valence-electron chi connectivity index (χ2n) is 6.01. The van der Waals surface area contributed by atoms with Gasteiger partial charge in [-0.3, -0.25) is 10.1 Å². The molecule has 5 nitrogen and oxygen atoms in total. The predicted octanol–water partition coefficient (Wildman–Crippen LogP) is 4.39. The normalized spacial score (nSPS) is 12.3. The maximum atomic E-state index is 12.1. The number of nitrogens with one attached hydrogen (secondary N) is 2. The molecular weight excluding hydrogens is 352 g/mol. The Morgan fingerprint density at radius 1 is 1.08 bits per heavy atom. The number of H-pyrrole nitrogens is 1. The Kier molecular flexibility index (Phi) is 4.22. The summed E-state index contributed by atoms with van der Waals surface area (Å²) in [5.41, 5.74) is 4.17. The minimum Gasteiger partial charge on any atom is -0.448 e. The van der Waals surface area contributed by atoms with Gasteiger partial charge in [-0.1, -0.05) is 60.1 Å². The molecule has 0 saturated heterocycles. The van der Waals surface area contributed by atoms with Crippen LogP contribution >= 0.6 is 11.6 Å². The lowest BCUT2D eigenvalue weighted by Gasteiger charge is -2.14. The van der Waals surface area contributed by atoms with Gasteiger partial charge in [0, 0.05) is 12.1 Å². The topological polar surface area (TPSA) is 71.2 Å². The van der Waals surface area contributed by atoms with Crippen LogP contribution in [0.3, 0.4) is 0 Å². The molecule has 0 fully saturated rings. The molecule has 2 aromatic carbocycles. The highest BCUT2D eigenvalue weighted by Gasteiger charge is 2.29. The highest BCUT2D eigenvalue weighted by atomic mass is 35.5. The smallest absolute Gasteiger partial charge is 0.411 e. The van der Waals surface area contributed by atoms with Crippen LogP contribution in [-0.2, 0) is 4.74 Å². The van der Waals surface area contributed by atoms with E-state index in [1.54, 1.807) is 0 Å².